The summed E-state index contributed by atoms with van der Waals surface area (Å²) < 4.78 is 28.3. The first kappa shape index (κ1) is 15.1. The van der Waals surface area contributed by atoms with Gasteiger partial charge in [-0.15, -0.1) is 0 Å². The number of hydrogen-bond donors (Lipinski definition) is 2. The summed E-state index contributed by atoms with van der Waals surface area (Å²) in [6.07, 6.45) is -0.195. The first-order chi connectivity index (χ1) is 9.93. The maximum absolute atomic E-state index is 13.1. The topological polar surface area (TPSA) is 99.0 Å². The molecule has 0 fully saturated rings. The number of carbonyl (C=O) groups is 1. The van der Waals surface area contributed by atoms with Gasteiger partial charge in [-0.25, -0.2) is 9.67 Å². The molecule has 0 aliphatic carbocycles. The Labute approximate surface area is 119 Å². The zero-order valence-corrected chi connectivity index (χ0v) is 11.3. The van der Waals surface area contributed by atoms with E-state index in [4.69, 9.17) is 10.8 Å². The minimum Gasteiger partial charge on any atom is -0.394 e. The molecule has 2 aromatic heterocycles. The maximum atomic E-state index is 13.1. The van der Waals surface area contributed by atoms with Gasteiger partial charge in [-0.05, 0) is 19.1 Å². The third-order valence-corrected chi connectivity index (χ3v) is 2.91. The molecule has 0 aliphatic heterocycles. The van der Waals surface area contributed by atoms with Gasteiger partial charge < -0.3 is 10.8 Å². The van der Waals surface area contributed by atoms with E-state index in [1.54, 1.807) is 6.92 Å². The van der Waals surface area contributed by atoms with Crippen molar-refractivity contribution in [2.45, 2.75) is 26.4 Å². The molecule has 7 nitrogen and oxygen atoms in total. The number of aliphatic hydroxyl groups excluding tert-OH is 1. The third kappa shape index (κ3) is 3.07. The summed E-state index contributed by atoms with van der Waals surface area (Å²) in [5.41, 5.74) is 5.61. The van der Waals surface area contributed by atoms with Crippen molar-refractivity contribution in [2.75, 3.05) is 6.61 Å². The molecule has 2 aromatic rings. The number of aryl methyl sites for hydroxylation is 1. The quantitative estimate of drug-likeness (QED) is 0.810. The number of nitrogens with zero attached hydrogens (tertiary/aromatic N) is 4. The van der Waals surface area contributed by atoms with Gasteiger partial charge in [0, 0.05) is 5.69 Å². The second-order valence-electron chi connectivity index (χ2n) is 4.45. The highest BCUT2D eigenvalue weighted by Crippen LogP contribution is 2.26. The molecule has 114 valence electrons. The van der Waals surface area contributed by atoms with Crippen LogP contribution in [0.3, 0.4) is 0 Å². The first-order valence-corrected chi connectivity index (χ1v) is 6.23. The SMILES string of the molecule is Cc1ccc(-c2nc(CC(N)=O)nn2CCO)n1C(F)F. The van der Waals surface area contributed by atoms with E-state index in [0.29, 0.717) is 5.69 Å². The molecule has 3 N–H and O–H groups in total. The van der Waals surface area contributed by atoms with E-state index < -0.39 is 12.5 Å². The average molecular weight is 299 g/mol. The summed E-state index contributed by atoms with van der Waals surface area (Å²) in [5, 5.41) is 13.0. The van der Waals surface area contributed by atoms with E-state index in [0.717, 1.165) is 4.57 Å². The molecular weight excluding hydrogens is 284 g/mol. The number of nitrogens with two attached hydrogens (primary N) is 1. The van der Waals surface area contributed by atoms with E-state index in [1.165, 1.54) is 16.8 Å². The highest BCUT2D eigenvalue weighted by Gasteiger charge is 2.21. The fourth-order valence-electron chi connectivity index (χ4n) is 2.05. The van der Waals surface area contributed by atoms with Crippen LogP contribution in [0.25, 0.3) is 11.5 Å². The molecule has 1 amide bonds. The van der Waals surface area contributed by atoms with Crippen molar-refractivity contribution in [1.82, 2.24) is 19.3 Å². The minimum atomic E-state index is -2.73. The van der Waals surface area contributed by atoms with Crippen LogP contribution in [-0.2, 0) is 17.8 Å². The monoisotopic (exact) mass is 299 g/mol. The number of amides is 1. The van der Waals surface area contributed by atoms with Gasteiger partial charge in [0.25, 0.3) is 0 Å². The number of carbonyl (C=O) groups excluding carboxylic acids is 1. The third-order valence-electron chi connectivity index (χ3n) is 2.91. The molecule has 0 saturated carbocycles. The fourth-order valence-corrected chi connectivity index (χ4v) is 2.05. The van der Waals surface area contributed by atoms with Crippen LogP contribution in [0.15, 0.2) is 12.1 Å². The lowest BCUT2D eigenvalue weighted by Gasteiger charge is -2.10. The van der Waals surface area contributed by atoms with Crippen molar-refractivity contribution in [1.29, 1.82) is 0 Å². The Kier molecular flexibility index (Phi) is 4.32. The van der Waals surface area contributed by atoms with Gasteiger partial charge in [0.05, 0.1) is 25.3 Å². The van der Waals surface area contributed by atoms with Crippen LogP contribution in [0, 0.1) is 6.92 Å². The van der Waals surface area contributed by atoms with E-state index in [1.807, 2.05) is 0 Å². The molecule has 9 heteroatoms. The van der Waals surface area contributed by atoms with E-state index in [9.17, 15) is 13.6 Å². The van der Waals surface area contributed by atoms with Crippen molar-refractivity contribution >= 4 is 5.91 Å². The Morgan fingerprint density at radius 3 is 2.76 bits per heavy atom. The number of hydrogen-bond acceptors (Lipinski definition) is 4. The zero-order valence-electron chi connectivity index (χ0n) is 11.3. The Balaban J connectivity index is 2.51. The molecule has 0 spiro atoms. The number of rotatable bonds is 6. The lowest BCUT2D eigenvalue weighted by atomic mass is 10.4. The number of primary amides is 1. The summed E-state index contributed by atoms with van der Waals surface area (Å²) in [6.45, 7) is -1.34. The van der Waals surface area contributed by atoms with Gasteiger partial charge in [-0.2, -0.15) is 13.9 Å². The zero-order chi connectivity index (χ0) is 15.6. The van der Waals surface area contributed by atoms with Crippen LogP contribution in [0.2, 0.25) is 0 Å². The summed E-state index contributed by atoms with van der Waals surface area (Å²) in [4.78, 5) is 15.0. The van der Waals surface area contributed by atoms with Crippen LogP contribution in [0.4, 0.5) is 8.78 Å². The Hall–Kier alpha value is -2.29. The lowest BCUT2D eigenvalue weighted by Crippen LogP contribution is -2.15. The summed E-state index contributed by atoms with van der Waals surface area (Å²) >= 11 is 0. The van der Waals surface area contributed by atoms with E-state index in [2.05, 4.69) is 10.1 Å². The standard InChI is InChI=1S/C12H15F2N5O2/c1-7-2-3-8(19(7)12(13)14)11-16-10(6-9(15)21)17-18(11)4-5-20/h2-3,12,20H,4-6H2,1H3,(H2,15,21). The molecule has 0 bridgehead atoms. The van der Waals surface area contributed by atoms with Crippen LogP contribution in [0.5, 0.6) is 0 Å². The molecule has 0 aliphatic rings. The van der Waals surface area contributed by atoms with Crippen molar-refractivity contribution in [3.05, 3.63) is 23.7 Å². The second-order valence-corrected chi connectivity index (χ2v) is 4.45. The first-order valence-electron chi connectivity index (χ1n) is 6.23. The van der Waals surface area contributed by atoms with Crippen LogP contribution in [0.1, 0.15) is 18.1 Å². The largest absolute Gasteiger partial charge is 0.394 e. The average Bonchev–Trinajstić information content (AvgIpc) is 2.92. The number of aliphatic hydroxyl groups is 1. The normalized spacial score (nSPS) is 11.3. The molecule has 2 rings (SSSR count). The highest BCUT2D eigenvalue weighted by molar-refractivity contribution is 5.75. The van der Waals surface area contributed by atoms with Gasteiger partial charge in [0.1, 0.15) is 0 Å². The molecular formula is C12H15F2N5O2. The van der Waals surface area contributed by atoms with E-state index in [-0.39, 0.29) is 36.9 Å². The Bertz CT molecular complexity index is 650. The molecule has 21 heavy (non-hydrogen) atoms. The minimum absolute atomic E-state index is 0.0779. The molecule has 2 heterocycles. The predicted molar refractivity (Wildman–Crippen MR) is 69.4 cm³/mol. The Morgan fingerprint density at radius 2 is 2.19 bits per heavy atom. The van der Waals surface area contributed by atoms with Crippen LogP contribution >= 0.6 is 0 Å². The highest BCUT2D eigenvalue weighted by atomic mass is 19.3. The van der Waals surface area contributed by atoms with Gasteiger partial charge in [0.15, 0.2) is 11.6 Å². The molecule has 0 aromatic carbocycles. The van der Waals surface area contributed by atoms with Gasteiger partial charge >= 0.3 is 6.55 Å². The number of halogens is 2. The van der Waals surface area contributed by atoms with Crippen molar-refractivity contribution < 1.29 is 18.7 Å². The van der Waals surface area contributed by atoms with Crippen LogP contribution in [-0.4, -0.2) is 37.0 Å². The molecule has 0 unspecified atom stereocenters. The van der Waals surface area contributed by atoms with Gasteiger partial charge in [0.2, 0.25) is 5.91 Å². The summed E-state index contributed by atoms with van der Waals surface area (Å²) in [6, 6.07) is 3.03. The molecule has 0 saturated heterocycles. The van der Waals surface area contributed by atoms with Crippen molar-refractivity contribution in [2.24, 2.45) is 5.73 Å². The smallest absolute Gasteiger partial charge is 0.319 e. The van der Waals surface area contributed by atoms with Gasteiger partial charge in [-0.3, -0.25) is 9.36 Å². The predicted octanol–water partition coefficient (Wildman–Crippen LogP) is 0.470. The number of aromatic nitrogens is 4. The summed E-state index contributed by atoms with van der Waals surface area (Å²) in [7, 11) is 0. The summed E-state index contributed by atoms with van der Waals surface area (Å²) in [5.74, 6) is -0.331. The maximum Gasteiger partial charge on any atom is 0.319 e. The van der Waals surface area contributed by atoms with Crippen LogP contribution < -0.4 is 5.73 Å². The molecule has 0 radical (unpaired) electrons. The number of alkyl halides is 2. The second kappa shape index (κ2) is 6.00. The fraction of sp³-hybridized carbons (Fsp3) is 0.417. The van der Waals surface area contributed by atoms with E-state index >= 15 is 0 Å². The molecule has 0 atom stereocenters. The van der Waals surface area contributed by atoms with Gasteiger partial charge in [-0.1, -0.05) is 0 Å². The van der Waals surface area contributed by atoms with Crippen molar-refractivity contribution in [3.63, 3.8) is 0 Å². The lowest BCUT2D eigenvalue weighted by molar-refractivity contribution is -0.117. The Morgan fingerprint density at radius 1 is 1.48 bits per heavy atom. The van der Waals surface area contributed by atoms with Crippen molar-refractivity contribution in [3.8, 4) is 11.5 Å².